The van der Waals surface area contributed by atoms with E-state index in [4.69, 9.17) is 0 Å². The lowest BCUT2D eigenvalue weighted by molar-refractivity contribution is -0.147. The minimum atomic E-state index is -0.383. The average Bonchev–Trinajstić information content (AvgIpc) is 3.13. The number of hydrogen-bond donors (Lipinski definition) is 1. The number of halogens is 1. The number of carbonyl (C=O) groups excluding carboxylic acids is 2. The number of nitrogens with one attached hydrogen (secondary N) is 1. The Morgan fingerprint density at radius 1 is 1.27 bits per heavy atom. The zero-order valence-electron chi connectivity index (χ0n) is 15.9. The molecule has 1 aromatic carbocycles. The predicted molar refractivity (Wildman–Crippen MR) is 105 cm³/mol. The maximum Gasteiger partial charge on any atom is 0.245 e. The molecule has 144 valence electrons. The van der Waals surface area contributed by atoms with Crippen LogP contribution in [0.4, 0.5) is 0 Å². The van der Waals surface area contributed by atoms with Crippen LogP contribution in [0.5, 0.6) is 0 Å². The van der Waals surface area contributed by atoms with Gasteiger partial charge in [0, 0.05) is 39.0 Å². The summed E-state index contributed by atoms with van der Waals surface area (Å²) in [6.07, 6.45) is 2.08. The molecule has 3 rings (SSSR count). The maximum absolute atomic E-state index is 13.2. The monoisotopic (exact) mass is 379 g/mol. The smallest absolute Gasteiger partial charge is 0.245 e. The summed E-state index contributed by atoms with van der Waals surface area (Å²) in [7, 11) is 1.88. The molecule has 2 unspecified atom stereocenters. The Kier molecular flexibility index (Phi) is 7.07. The van der Waals surface area contributed by atoms with Gasteiger partial charge >= 0.3 is 0 Å². The Hall–Kier alpha value is -1.59. The van der Waals surface area contributed by atoms with E-state index < -0.39 is 0 Å². The maximum atomic E-state index is 13.2. The topological polar surface area (TPSA) is 52.7 Å². The number of likely N-dealkylation sites (N-methyl/N-ethyl adjacent to an activating group) is 1. The van der Waals surface area contributed by atoms with E-state index in [2.05, 4.69) is 17.4 Å². The Bertz CT molecular complexity index is 644. The normalized spacial score (nSPS) is 21.9. The van der Waals surface area contributed by atoms with Crippen LogP contribution >= 0.6 is 12.4 Å². The first-order valence-electron chi connectivity index (χ1n) is 9.31. The fourth-order valence-electron chi connectivity index (χ4n) is 3.86. The Morgan fingerprint density at radius 2 is 1.96 bits per heavy atom. The van der Waals surface area contributed by atoms with Crippen LogP contribution < -0.4 is 5.32 Å². The largest absolute Gasteiger partial charge is 0.340 e. The first kappa shape index (κ1) is 20.7. The molecule has 1 saturated heterocycles. The summed E-state index contributed by atoms with van der Waals surface area (Å²) in [6, 6.07) is 8.00. The molecule has 0 saturated carbocycles. The van der Waals surface area contributed by atoms with Gasteiger partial charge in [-0.05, 0) is 30.0 Å². The highest BCUT2D eigenvalue weighted by molar-refractivity contribution is 5.88. The van der Waals surface area contributed by atoms with Crippen molar-refractivity contribution in [3.05, 3.63) is 35.4 Å². The van der Waals surface area contributed by atoms with E-state index in [0.29, 0.717) is 19.4 Å². The van der Waals surface area contributed by atoms with Crippen molar-refractivity contribution in [2.45, 2.75) is 51.7 Å². The van der Waals surface area contributed by atoms with Crippen molar-refractivity contribution in [3.63, 3.8) is 0 Å². The average molecular weight is 380 g/mol. The number of hydrogen-bond acceptors (Lipinski definition) is 3. The van der Waals surface area contributed by atoms with Gasteiger partial charge in [0.25, 0.3) is 0 Å². The molecule has 1 fully saturated rings. The van der Waals surface area contributed by atoms with Crippen molar-refractivity contribution >= 4 is 24.2 Å². The minimum absolute atomic E-state index is 0. The van der Waals surface area contributed by atoms with Gasteiger partial charge in [0.1, 0.15) is 6.04 Å². The van der Waals surface area contributed by atoms with Gasteiger partial charge in [-0.15, -0.1) is 12.4 Å². The lowest BCUT2D eigenvalue weighted by Crippen LogP contribution is -2.55. The van der Waals surface area contributed by atoms with Crippen molar-refractivity contribution < 1.29 is 9.59 Å². The van der Waals surface area contributed by atoms with E-state index >= 15 is 0 Å². The van der Waals surface area contributed by atoms with Gasteiger partial charge < -0.3 is 15.1 Å². The molecule has 26 heavy (non-hydrogen) atoms. The summed E-state index contributed by atoms with van der Waals surface area (Å²) in [5.41, 5.74) is 2.35. The van der Waals surface area contributed by atoms with Gasteiger partial charge in [-0.3, -0.25) is 9.59 Å². The highest BCUT2D eigenvalue weighted by Gasteiger charge is 2.37. The Balaban J connectivity index is 0.00000243. The first-order chi connectivity index (χ1) is 12.0. The molecule has 2 heterocycles. The zero-order valence-corrected chi connectivity index (χ0v) is 16.7. The van der Waals surface area contributed by atoms with Gasteiger partial charge in [-0.2, -0.15) is 0 Å². The van der Waals surface area contributed by atoms with E-state index in [1.807, 2.05) is 42.8 Å². The van der Waals surface area contributed by atoms with Crippen molar-refractivity contribution in [2.75, 3.05) is 20.1 Å². The standard InChI is InChI=1S/C20H29N3O2.ClH/c1-14(2)10-19(24)23-13-16-7-5-4-6-15(16)11-18(23)20(25)22(3)17-8-9-21-12-17;/h4-7,14,17-18,21H,8-13H2,1-3H3;1H. The fraction of sp³-hybridized carbons (Fsp3) is 0.600. The van der Waals surface area contributed by atoms with Crippen LogP contribution in [0.1, 0.15) is 37.8 Å². The van der Waals surface area contributed by atoms with Crippen molar-refractivity contribution in [2.24, 2.45) is 5.92 Å². The summed E-state index contributed by atoms with van der Waals surface area (Å²) >= 11 is 0. The van der Waals surface area contributed by atoms with E-state index in [0.717, 1.165) is 25.1 Å². The van der Waals surface area contributed by atoms with Crippen molar-refractivity contribution in [1.29, 1.82) is 0 Å². The van der Waals surface area contributed by atoms with Gasteiger partial charge in [0.2, 0.25) is 11.8 Å². The molecule has 2 aliphatic heterocycles. The van der Waals surface area contributed by atoms with Gasteiger partial charge in [-0.25, -0.2) is 0 Å². The number of rotatable bonds is 4. The predicted octanol–water partition coefficient (Wildman–Crippen LogP) is 2.23. The lowest BCUT2D eigenvalue weighted by Gasteiger charge is -2.39. The molecule has 0 spiro atoms. The summed E-state index contributed by atoms with van der Waals surface area (Å²) in [4.78, 5) is 29.7. The highest BCUT2D eigenvalue weighted by atomic mass is 35.5. The van der Waals surface area contributed by atoms with Crippen molar-refractivity contribution in [1.82, 2.24) is 15.1 Å². The van der Waals surface area contributed by atoms with Gasteiger partial charge in [-0.1, -0.05) is 38.1 Å². The SMILES string of the molecule is CC(C)CC(=O)N1Cc2ccccc2CC1C(=O)N(C)C1CCNC1.Cl. The van der Waals surface area contributed by atoms with Crippen LogP contribution in [0.15, 0.2) is 24.3 Å². The molecule has 1 aromatic rings. The number of benzene rings is 1. The third-order valence-electron chi connectivity index (χ3n) is 5.37. The van der Waals surface area contributed by atoms with Crippen LogP contribution in [0.3, 0.4) is 0 Å². The van der Waals surface area contributed by atoms with Crippen LogP contribution in [0.25, 0.3) is 0 Å². The number of nitrogens with zero attached hydrogens (tertiary/aromatic N) is 2. The molecule has 2 amide bonds. The molecule has 2 atom stereocenters. The lowest BCUT2D eigenvalue weighted by atomic mass is 9.92. The second-order valence-electron chi connectivity index (χ2n) is 7.70. The molecular weight excluding hydrogens is 350 g/mol. The summed E-state index contributed by atoms with van der Waals surface area (Å²) in [5, 5.41) is 3.31. The summed E-state index contributed by atoms with van der Waals surface area (Å²) < 4.78 is 0. The van der Waals surface area contributed by atoms with Gasteiger partial charge in [0.05, 0.1) is 0 Å². The van der Waals surface area contributed by atoms with E-state index in [1.165, 1.54) is 5.56 Å². The van der Waals surface area contributed by atoms with E-state index in [-0.39, 0.29) is 42.2 Å². The molecule has 5 nitrogen and oxygen atoms in total. The molecule has 6 heteroatoms. The van der Waals surface area contributed by atoms with Crippen LogP contribution in [0, 0.1) is 5.92 Å². The minimum Gasteiger partial charge on any atom is -0.340 e. The molecule has 1 N–H and O–H groups in total. The highest BCUT2D eigenvalue weighted by Crippen LogP contribution is 2.26. The number of amides is 2. The second-order valence-corrected chi connectivity index (χ2v) is 7.70. The quantitative estimate of drug-likeness (QED) is 0.872. The first-order valence-corrected chi connectivity index (χ1v) is 9.31. The third-order valence-corrected chi connectivity index (χ3v) is 5.37. The van der Waals surface area contributed by atoms with E-state index in [1.54, 1.807) is 0 Å². The zero-order chi connectivity index (χ0) is 18.0. The molecular formula is C20H30ClN3O2. The van der Waals surface area contributed by atoms with Crippen LogP contribution in [-0.2, 0) is 22.6 Å². The van der Waals surface area contributed by atoms with Crippen LogP contribution in [0.2, 0.25) is 0 Å². The molecule has 0 aliphatic carbocycles. The van der Waals surface area contributed by atoms with E-state index in [9.17, 15) is 9.59 Å². The molecule has 0 bridgehead atoms. The second kappa shape index (κ2) is 8.87. The molecule has 0 radical (unpaired) electrons. The third kappa shape index (κ3) is 4.38. The number of fused-ring (bicyclic) bond motifs is 1. The van der Waals surface area contributed by atoms with Crippen molar-refractivity contribution in [3.8, 4) is 0 Å². The fourth-order valence-corrected chi connectivity index (χ4v) is 3.86. The Morgan fingerprint density at radius 3 is 2.58 bits per heavy atom. The summed E-state index contributed by atoms with van der Waals surface area (Å²) in [6.45, 7) is 6.41. The number of carbonyl (C=O) groups is 2. The Labute approximate surface area is 162 Å². The molecule has 2 aliphatic rings. The van der Waals surface area contributed by atoms with Crippen LogP contribution in [-0.4, -0.2) is 53.8 Å². The molecule has 0 aromatic heterocycles. The summed E-state index contributed by atoms with van der Waals surface area (Å²) in [5.74, 6) is 0.443. The van der Waals surface area contributed by atoms with Gasteiger partial charge in [0.15, 0.2) is 0 Å².